The van der Waals surface area contributed by atoms with Crippen LogP contribution < -0.4 is 0 Å². The average Bonchev–Trinajstić information content (AvgIpc) is 2.85. The largest absolute Gasteiger partial charge is 0.459 e. The molecule has 0 amide bonds. The molecule has 2 unspecified atom stereocenters. The van der Waals surface area contributed by atoms with E-state index >= 15 is 0 Å². The third-order valence-electron chi connectivity index (χ3n) is 2.95. The Bertz CT molecular complexity index is 375. The molecule has 1 aromatic heterocycles. The van der Waals surface area contributed by atoms with Crippen LogP contribution in [0.1, 0.15) is 55.5 Å². The summed E-state index contributed by atoms with van der Waals surface area (Å²) in [6.45, 7) is 4.27. The van der Waals surface area contributed by atoms with Gasteiger partial charge in [0.25, 0.3) is 0 Å². The molecule has 5 nitrogen and oxygen atoms in total. The first kappa shape index (κ1) is 11.1. The first-order valence-corrected chi connectivity index (χ1v) is 5.71. The number of esters is 1. The zero-order valence-electron chi connectivity index (χ0n) is 9.60. The van der Waals surface area contributed by atoms with Gasteiger partial charge in [-0.05, 0) is 32.1 Å². The SMILES string of the molecule is CCOC(=O)c1nc(C2CCC(C)C2)no1. The van der Waals surface area contributed by atoms with E-state index in [-0.39, 0.29) is 5.89 Å². The average molecular weight is 224 g/mol. The van der Waals surface area contributed by atoms with E-state index in [1.165, 1.54) is 6.42 Å². The van der Waals surface area contributed by atoms with Gasteiger partial charge in [0.15, 0.2) is 5.82 Å². The number of carbonyl (C=O) groups is 1. The van der Waals surface area contributed by atoms with Crippen molar-refractivity contribution in [3.8, 4) is 0 Å². The molecule has 5 heteroatoms. The van der Waals surface area contributed by atoms with Gasteiger partial charge in [-0.1, -0.05) is 12.1 Å². The van der Waals surface area contributed by atoms with Crippen molar-refractivity contribution in [3.63, 3.8) is 0 Å². The Kier molecular flexibility index (Phi) is 3.22. The van der Waals surface area contributed by atoms with Crippen LogP contribution in [-0.2, 0) is 4.74 Å². The number of hydrogen-bond donors (Lipinski definition) is 0. The number of rotatable bonds is 3. The summed E-state index contributed by atoms with van der Waals surface area (Å²) in [5.74, 6) is 1.12. The second-order valence-electron chi connectivity index (χ2n) is 4.29. The fourth-order valence-electron chi connectivity index (χ4n) is 2.12. The molecule has 16 heavy (non-hydrogen) atoms. The van der Waals surface area contributed by atoms with Crippen molar-refractivity contribution in [1.82, 2.24) is 10.1 Å². The van der Waals surface area contributed by atoms with E-state index in [1.807, 2.05) is 0 Å². The molecule has 0 N–H and O–H groups in total. The minimum atomic E-state index is -0.535. The van der Waals surface area contributed by atoms with E-state index in [1.54, 1.807) is 6.92 Å². The van der Waals surface area contributed by atoms with Crippen LogP contribution in [0.15, 0.2) is 4.52 Å². The molecule has 88 valence electrons. The number of carbonyl (C=O) groups excluding carboxylic acids is 1. The van der Waals surface area contributed by atoms with Crippen LogP contribution in [0, 0.1) is 5.92 Å². The Labute approximate surface area is 94.2 Å². The summed E-state index contributed by atoms with van der Waals surface area (Å²) in [5.41, 5.74) is 0. The van der Waals surface area contributed by atoms with E-state index in [4.69, 9.17) is 9.26 Å². The molecular weight excluding hydrogens is 208 g/mol. The zero-order chi connectivity index (χ0) is 11.5. The molecule has 1 aromatic rings. The molecule has 0 radical (unpaired) electrons. The highest BCUT2D eigenvalue weighted by Crippen LogP contribution is 2.36. The van der Waals surface area contributed by atoms with Gasteiger partial charge in [-0.15, -0.1) is 0 Å². The van der Waals surface area contributed by atoms with E-state index in [9.17, 15) is 4.79 Å². The summed E-state index contributed by atoms with van der Waals surface area (Å²) in [4.78, 5) is 15.4. The van der Waals surface area contributed by atoms with Crippen LogP contribution >= 0.6 is 0 Å². The van der Waals surface area contributed by atoms with Crippen molar-refractivity contribution >= 4 is 5.97 Å². The van der Waals surface area contributed by atoms with E-state index in [0.717, 1.165) is 12.8 Å². The predicted molar refractivity (Wildman–Crippen MR) is 56.0 cm³/mol. The number of ether oxygens (including phenoxy) is 1. The maximum atomic E-state index is 11.3. The van der Waals surface area contributed by atoms with Crippen molar-refractivity contribution in [2.45, 2.75) is 39.0 Å². The first-order chi connectivity index (χ1) is 7.70. The molecule has 2 rings (SSSR count). The molecule has 0 aliphatic heterocycles. The lowest BCUT2D eigenvalue weighted by Gasteiger charge is -2.01. The normalized spacial score (nSPS) is 24.6. The summed E-state index contributed by atoms with van der Waals surface area (Å²) < 4.78 is 9.68. The second kappa shape index (κ2) is 4.63. The van der Waals surface area contributed by atoms with Crippen LogP contribution in [0.5, 0.6) is 0 Å². The van der Waals surface area contributed by atoms with E-state index in [0.29, 0.717) is 24.3 Å². The molecule has 0 saturated heterocycles. The third kappa shape index (κ3) is 2.23. The van der Waals surface area contributed by atoms with E-state index < -0.39 is 5.97 Å². The summed E-state index contributed by atoms with van der Waals surface area (Å²) in [6.07, 6.45) is 3.33. The quantitative estimate of drug-likeness (QED) is 0.736. The highest BCUT2D eigenvalue weighted by molar-refractivity contribution is 5.83. The lowest BCUT2D eigenvalue weighted by molar-refractivity contribution is 0.0470. The lowest BCUT2D eigenvalue weighted by Crippen LogP contribution is -2.05. The van der Waals surface area contributed by atoms with Crippen molar-refractivity contribution in [1.29, 1.82) is 0 Å². The molecule has 1 heterocycles. The van der Waals surface area contributed by atoms with E-state index in [2.05, 4.69) is 17.1 Å². The monoisotopic (exact) mass is 224 g/mol. The van der Waals surface area contributed by atoms with Crippen LogP contribution in [0.2, 0.25) is 0 Å². The van der Waals surface area contributed by atoms with Gasteiger partial charge in [0.1, 0.15) is 0 Å². The van der Waals surface area contributed by atoms with Gasteiger partial charge < -0.3 is 9.26 Å². The zero-order valence-corrected chi connectivity index (χ0v) is 9.60. The molecule has 1 aliphatic carbocycles. The van der Waals surface area contributed by atoms with Gasteiger partial charge in [-0.2, -0.15) is 4.98 Å². The molecule has 0 spiro atoms. The van der Waals surface area contributed by atoms with Gasteiger partial charge in [-0.3, -0.25) is 0 Å². The predicted octanol–water partition coefficient (Wildman–Crippen LogP) is 2.15. The van der Waals surface area contributed by atoms with Crippen LogP contribution in [-0.4, -0.2) is 22.7 Å². The van der Waals surface area contributed by atoms with Crippen molar-refractivity contribution in [3.05, 3.63) is 11.7 Å². The minimum Gasteiger partial charge on any atom is -0.459 e. The molecule has 2 atom stereocenters. The lowest BCUT2D eigenvalue weighted by atomic mass is 10.1. The maximum absolute atomic E-state index is 11.3. The minimum absolute atomic E-state index is 0.0311. The van der Waals surface area contributed by atoms with Gasteiger partial charge in [0, 0.05) is 5.92 Å². The van der Waals surface area contributed by atoms with Gasteiger partial charge in [-0.25, -0.2) is 4.79 Å². The molecular formula is C11H16N2O3. The fourth-order valence-corrected chi connectivity index (χ4v) is 2.12. The summed E-state index contributed by atoms with van der Waals surface area (Å²) in [6, 6.07) is 0. The third-order valence-corrected chi connectivity index (χ3v) is 2.95. The Balaban J connectivity index is 2.04. The van der Waals surface area contributed by atoms with Gasteiger partial charge in [0.2, 0.25) is 0 Å². The van der Waals surface area contributed by atoms with Crippen LogP contribution in [0.3, 0.4) is 0 Å². The summed E-state index contributed by atoms with van der Waals surface area (Å²) in [5, 5.41) is 3.85. The topological polar surface area (TPSA) is 65.2 Å². The Morgan fingerprint density at radius 1 is 1.56 bits per heavy atom. The number of hydrogen-bond acceptors (Lipinski definition) is 5. The van der Waals surface area contributed by atoms with Crippen molar-refractivity contribution < 1.29 is 14.1 Å². The van der Waals surface area contributed by atoms with Gasteiger partial charge in [0.05, 0.1) is 6.61 Å². The molecule has 0 aromatic carbocycles. The standard InChI is InChI=1S/C11H16N2O3/c1-3-15-11(14)10-12-9(13-16-10)8-5-4-7(2)6-8/h7-8H,3-6H2,1-2H3. The molecule has 1 aliphatic rings. The molecule has 0 bridgehead atoms. The highest BCUT2D eigenvalue weighted by Gasteiger charge is 2.28. The highest BCUT2D eigenvalue weighted by atomic mass is 16.6. The van der Waals surface area contributed by atoms with Crippen LogP contribution in [0.25, 0.3) is 0 Å². The van der Waals surface area contributed by atoms with Crippen molar-refractivity contribution in [2.75, 3.05) is 6.61 Å². The summed E-state index contributed by atoms with van der Waals surface area (Å²) >= 11 is 0. The maximum Gasteiger partial charge on any atom is 0.397 e. The van der Waals surface area contributed by atoms with Crippen LogP contribution in [0.4, 0.5) is 0 Å². The fraction of sp³-hybridized carbons (Fsp3) is 0.727. The Morgan fingerprint density at radius 2 is 2.38 bits per heavy atom. The second-order valence-corrected chi connectivity index (χ2v) is 4.29. The molecule has 1 saturated carbocycles. The van der Waals surface area contributed by atoms with Crippen molar-refractivity contribution in [2.24, 2.45) is 5.92 Å². The first-order valence-electron chi connectivity index (χ1n) is 5.71. The summed E-state index contributed by atoms with van der Waals surface area (Å²) in [7, 11) is 0. The number of nitrogens with zero attached hydrogens (tertiary/aromatic N) is 2. The smallest absolute Gasteiger partial charge is 0.397 e. The van der Waals surface area contributed by atoms with Gasteiger partial charge >= 0.3 is 11.9 Å². The Morgan fingerprint density at radius 3 is 3.00 bits per heavy atom. The molecule has 1 fully saturated rings. The Hall–Kier alpha value is -1.39. The number of aromatic nitrogens is 2.